The number of allylic oxidation sites excluding steroid dienone is 1. The van der Waals surface area contributed by atoms with Crippen molar-refractivity contribution < 1.29 is 23.7 Å². The van der Waals surface area contributed by atoms with Crippen molar-refractivity contribution in [2.75, 3.05) is 0 Å². The number of para-hydroxylation sites is 1. The standard InChI is InChI=1S/C22H15N3O6S/c1-13-6-8-14(9-7-13)17(27)12-19(18-10-11-20(30-18)25(28)29)32-22-24-23-21(31-22)15-4-2-3-5-16(15)26/h2-12,26H,1H3. The number of nitrogens with zero attached hydrogens (tertiary/aromatic N) is 3. The zero-order valence-corrected chi connectivity index (χ0v) is 17.4. The fourth-order valence-electron chi connectivity index (χ4n) is 2.74. The van der Waals surface area contributed by atoms with E-state index in [0.717, 1.165) is 17.3 Å². The lowest BCUT2D eigenvalue weighted by Crippen LogP contribution is -1.95. The fourth-order valence-corrected chi connectivity index (χ4v) is 3.50. The van der Waals surface area contributed by atoms with Crippen molar-refractivity contribution in [1.82, 2.24) is 10.2 Å². The SMILES string of the molecule is Cc1ccc(C(=O)C=C(Sc2nnc(-c3ccccc3O)o2)c2ccc([N+](=O)[O-])o2)cc1. The van der Waals surface area contributed by atoms with E-state index in [-0.39, 0.29) is 33.3 Å². The monoisotopic (exact) mass is 449 g/mol. The molecule has 0 aliphatic rings. The summed E-state index contributed by atoms with van der Waals surface area (Å²) in [5, 5.41) is 28.9. The Balaban J connectivity index is 1.68. The van der Waals surface area contributed by atoms with Gasteiger partial charge in [0.25, 0.3) is 11.1 Å². The molecule has 0 atom stereocenters. The number of ketones is 1. The zero-order chi connectivity index (χ0) is 22.7. The number of aromatic nitrogens is 2. The third-order valence-electron chi connectivity index (χ3n) is 4.35. The minimum absolute atomic E-state index is 0.0281. The van der Waals surface area contributed by atoms with Gasteiger partial charge in [0.2, 0.25) is 0 Å². The maximum atomic E-state index is 12.8. The van der Waals surface area contributed by atoms with Gasteiger partial charge in [0.1, 0.15) is 16.4 Å². The van der Waals surface area contributed by atoms with E-state index in [2.05, 4.69) is 10.2 Å². The number of benzene rings is 2. The van der Waals surface area contributed by atoms with Crippen LogP contribution in [0.15, 0.2) is 80.8 Å². The molecule has 0 saturated heterocycles. The average Bonchev–Trinajstić information content (AvgIpc) is 3.44. The molecule has 0 fully saturated rings. The number of rotatable bonds is 7. The molecule has 9 nitrogen and oxygen atoms in total. The van der Waals surface area contributed by atoms with Gasteiger partial charge in [-0.05, 0) is 36.9 Å². The van der Waals surface area contributed by atoms with Crippen LogP contribution >= 0.6 is 11.8 Å². The zero-order valence-electron chi connectivity index (χ0n) is 16.6. The van der Waals surface area contributed by atoms with E-state index in [4.69, 9.17) is 8.83 Å². The molecule has 4 aromatic rings. The summed E-state index contributed by atoms with van der Waals surface area (Å²) in [5.74, 6) is -0.633. The number of aromatic hydroxyl groups is 1. The van der Waals surface area contributed by atoms with Crippen molar-refractivity contribution in [2.45, 2.75) is 12.1 Å². The Morgan fingerprint density at radius 1 is 1.06 bits per heavy atom. The third kappa shape index (κ3) is 4.60. The first-order chi connectivity index (χ1) is 15.4. The highest BCUT2D eigenvalue weighted by molar-refractivity contribution is 8.08. The number of thioether (sulfide) groups is 1. The van der Waals surface area contributed by atoms with Gasteiger partial charge in [-0.25, -0.2) is 0 Å². The first-order valence-electron chi connectivity index (χ1n) is 9.28. The number of phenols is 1. The second-order valence-corrected chi connectivity index (χ2v) is 7.62. The maximum absolute atomic E-state index is 12.8. The molecule has 0 saturated carbocycles. The summed E-state index contributed by atoms with van der Waals surface area (Å²) in [5.41, 5.74) is 1.79. The molecule has 0 aliphatic heterocycles. The Morgan fingerprint density at radius 3 is 2.50 bits per heavy atom. The van der Waals surface area contributed by atoms with Crippen molar-refractivity contribution in [1.29, 1.82) is 0 Å². The van der Waals surface area contributed by atoms with Crippen LogP contribution in [0.2, 0.25) is 0 Å². The quantitative estimate of drug-likeness (QED) is 0.132. The topological polar surface area (TPSA) is 132 Å². The second kappa shape index (κ2) is 8.90. The fraction of sp³-hybridized carbons (Fsp3) is 0.0455. The van der Waals surface area contributed by atoms with Crippen LogP contribution in [0.5, 0.6) is 5.75 Å². The largest absolute Gasteiger partial charge is 0.507 e. The second-order valence-electron chi connectivity index (χ2n) is 6.63. The maximum Gasteiger partial charge on any atom is 0.433 e. The summed E-state index contributed by atoms with van der Waals surface area (Å²) in [7, 11) is 0. The lowest BCUT2D eigenvalue weighted by molar-refractivity contribution is -0.402. The lowest BCUT2D eigenvalue weighted by atomic mass is 10.1. The Kier molecular flexibility index (Phi) is 5.86. The van der Waals surface area contributed by atoms with Crippen molar-refractivity contribution in [3.8, 4) is 17.2 Å². The van der Waals surface area contributed by atoms with Crippen LogP contribution in [0.3, 0.4) is 0 Å². The van der Waals surface area contributed by atoms with Gasteiger partial charge in [-0.2, -0.15) is 0 Å². The molecule has 32 heavy (non-hydrogen) atoms. The Hall–Kier alpha value is -4.18. The highest BCUT2D eigenvalue weighted by Gasteiger charge is 2.20. The molecule has 2 aromatic heterocycles. The number of phenolic OH excluding ortho intramolecular Hbond substituents is 1. The van der Waals surface area contributed by atoms with Crippen LogP contribution in [-0.4, -0.2) is 26.0 Å². The van der Waals surface area contributed by atoms with Crippen LogP contribution in [0, 0.1) is 17.0 Å². The molecule has 2 heterocycles. The molecule has 1 N–H and O–H groups in total. The van der Waals surface area contributed by atoms with Crippen LogP contribution in [0.1, 0.15) is 21.7 Å². The molecule has 10 heteroatoms. The highest BCUT2D eigenvalue weighted by atomic mass is 32.2. The van der Waals surface area contributed by atoms with Crippen LogP contribution in [0.4, 0.5) is 5.88 Å². The van der Waals surface area contributed by atoms with Gasteiger partial charge < -0.3 is 13.9 Å². The molecule has 0 unspecified atom stereocenters. The smallest absolute Gasteiger partial charge is 0.433 e. The summed E-state index contributed by atoms with van der Waals surface area (Å²) in [6.45, 7) is 1.91. The summed E-state index contributed by atoms with van der Waals surface area (Å²) in [6.07, 6.45) is 1.29. The van der Waals surface area contributed by atoms with Crippen molar-refractivity contribution in [3.05, 3.63) is 93.7 Å². The van der Waals surface area contributed by atoms with E-state index in [1.165, 1.54) is 24.3 Å². The predicted molar refractivity (Wildman–Crippen MR) is 116 cm³/mol. The van der Waals surface area contributed by atoms with E-state index in [1.54, 1.807) is 30.3 Å². The molecule has 0 radical (unpaired) electrons. The summed E-state index contributed by atoms with van der Waals surface area (Å²) in [4.78, 5) is 23.4. The van der Waals surface area contributed by atoms with Gasteiger partial charge in [0.15, 0.2) is 5.78 Å². The Labute approximate surface area is 185 Å². The molecule has 0 aliphatic carbocycles. The van der Waals surface area contributed by atoms with Gasteiger partial charge in [0, 0.05) is 11.6 Å². The number of hydrogen-bond donors (Lipinski definition) is 1. The van der Waals surface area contributed by atoms with E-state index in [1.807, 2.05) is 19.1 Å². The number of aryl methyl sites for hydroxylation is 1. The van der Waals surface area contributed by atoms with Crippen LogP contribution in [0.25, 0.3) is 16.4 Å². The third-order valence-corrected chi connectivity index (χ3v) is 5.23. The number of carbonyl (C=O) groups is 1. The molecule has 160 valence electrons. The average molecular weight is 449 g/mol. The summed E-state index contributed by atoms with van der Waals surface area (Å²) in [6, 6.07) is 16.0. The molecule has 0 amide bonds. The molecule has 0 spiro atoms. The molecule has 4 rings (SSSR count). The first-order valence-corrected chi connectivity index (χ1v) is 10.1. The van der Waals surface area contributed by atoms with E-state index >= 15 is 0 Å². The summed E-state index contributed by atoms with van der Waals surface area (Å²) < 4.78 is 10.9. The van der Waals surface area contributed by atoms with Crippen molar-refractivity contribution in [2.24, 2.45) is 0 Å². The number of hydrogen-bond acceptors (Lipinski definition) is 9. The minimum Gasteiger partial charge on any atom is -0.507 e. The van der Waals surface area contributed by atoms with E-state index in [0.29, 0.717) is 11.1 Å². The molecular formula is C22H15N3O6S. The van der Waals surface area contributed by atoms with Gasteiger partial charge in [0.05, 0.1) is 16.5 Å². The lowest BCUT2D eigenvalue weighted by Gasteiger charge is -2.02. The van der Waals surface area contributed by atoms with Crippen LogP contribution < -0.4 is 0 Å². The minimum atomic E-state index is -0.670. The molecule has 0 bridgehead atoms. The molecular weight excluding hydrogens is 434 g/mol. The first kappa shape index (κ1) is 21.1. The van der Waals surface area contributed by atoms with Crippen molar-refractivity contribution >= 4 is 28.3 Å². The summed E-state index contributed by atoms with van der Waals surface area (Å²) >= 11 is 0.916. The normalized spacial score (nSPS) is 11.5. The van der Waals surface area contributed by atoms with E-state index in [9.17, 15) is 20.0 Å². The predicted octanol–water partition coefficient (Wildman–Crippen LogP) is 5.27. The van der Waals surface area contributed by atoms with Gasteiger partial charge in [-0.1, -0.05) is 42.0 Å². The Morgan fingerprint density at radius 2 is 1.81 bits per heavy atom. The number of nitro groups is 1. The van der Waals surface area contributed by atoms with E-state index < -0.39 is 10.8 Å². The van der Waals surface area contributed by atoms with Gasteiger partial charge in [-0.15, -0.1) is 10.2 Å². The highest BCUT2D eigenvalue weighted by Crippen LogP contribution is 2.38. The molecule has 2 aromatic carbocycles. The van der Waals surface area contributed by atoms with Gasteiger partial charge in [-0.3, -0.25) is 14.9 Å². The number of furan rings is 1. The van der Waals surface area contributed by atoms with Crippen molar-refractivity contribution in [3.63, 3.8) is 0 Å². The van der Waals surface area contributed by atoms with Gasteiger partial charge >= 0.3 is 5.88 Å². The Bertz CT molecular complexity index is 1320. The number of carbonyl (C=O) groups excluding carboxylic acids is 1. The van der Waals surface area contributed by atoms with Crippen LogP contribution in [-0.2, 0) is 0 Å².